The van der Waals surface area contributed by atoms with Gasteiger partial charge in [0.2, 0.25) is 0 Å². The van der Waals surface area contributed by atoms with E-state index in [9.17, 15) is 4.79 Å². The number of hydrogen-bond donors (Lipinski definition) is 2. The van der Waals surface area contributed by atoms with E-state index in [2.05, 4.69) is 20.4 Å². The Balaban J connectivity index is 1.61. The number of amides is 1. The number of imidazole rings is 1. The van der Waals surface area contributed by atoms with Crippen LogP contribution >= 0.6 is 0 Å². The minimum atomic E-state index is -0.113. The molecule has 3 aromatic rings. The first-order chi connectivity index (χ1) is 9.72. The average Bonchev–Trinajstić information content (AvgIpc) is 3.06. The standard InChI is InChI=1S/C14H14N4O2/c1-9-6-11(20-18-9)4-5-15-14(19)10-2-3-12-13(7-10)17-8-16-12/h2-3,6-8H,4-5H2,1H3,(H,15,19)(H,16,17). The highest BCUT2D eigenvalue weighted by Crippen LogP contribution is 2.11. The molecule has 2 heterocycles. The molecule has 0 fully saturated rings. The Kier molecular flexibility index (Phi) is 3.20. The first-order valence-electron chi connectivity index (χ1n) is 6.36. The van der Waals surface area contributed by atoms with Crippen LogP contribution in [0.1, 0.15) is 21.8 Å². The van der Waals surface area contributed by atoms with Crippen LogP contribution in [0.5, 0.6) is 0 Å². The Bertz CT molecular complexity index is 744. The monoisotopic (exact) mass is 270 g/mol. The summed E-state index contributed by atoms with van der Waals surface area (Å²) in [4.78, 5) is 19.1. The van der Waals surface area contributed by atoms with E-state index in [0.717, 1.165) is 22.5 Å². The molecule has 0 atom stereocenters. The minimum Gasteiger partial charge on any atom is -0.361 e. The van der Waals surface area contributed by atoms with E-state index in [1.807, 2.05) is 19.1 Å². The van der Waals surface area contributed by atoms with Crippen molar-refractivity contribution < 1.29 is 9.32 Å². The molecule has 102 valence electrons. The van der Waals surface area contributed by atoms with Gasteiger partial charge in [-0.05, 0) is 25.1 Å². The van der Waals surface area contributed by atoms with Gasteiger partial charge in [-0.2, -0.15) is 0 Å². The smallest absolute Gasteiger partial charge is 0.251 e. The molecule has 6 nitrogen and oxygen atoms in total. The van der Waals surface area contributed by atoms with E-state index >= 15 is 0 Å². The van der Waals surface area contributed by atoms with E-state index in [4.69, 9.17) is 4.52 Å². The Morgan fingerprint density at radius 1 is 1.40 bits per heavy atom. The van der Waals surface area contributed by atoms with Crippen molar-refractivity contribution >= 4 is 16.9 Å². The van der Waals surface area contributed by atoms with E-state index in [0.29, 0.717) is 18.5 Å². The van der Waals surface area contributed by atoms with Gasteiger partial charge in [-0.3, -0.25) is 4.79 Å². The van der Waals surface area contributed by atoms with Crippen LogP contribution in [0.25, 0.3) is 11.0 Å². The normalized spacial score (nSPS) is 10.8. The van der Waals surface area contributed by atoms with Crippen molar-refractivity contribution in [1.82, 2.24) is 20.4 Å². The molecule has 0 unspecified atom stereocenters. The number of fused-ring (bicyclic) bond motifs is 1. The van der Waals surface area contributed by atoms with Crippen molar-refractivity contribution in [2.75, 3.05) is 6.54 Å². The number of nitrogens with zero attached hydrogens (tertiary/aromatic N) is 2. The number of rotatable bonds is 4. The van der Waals surface area contributed by atoms with Crippen LogP contribution in [-0.4, -0.2) is 27.6 Å². The molecule has 0 radical (unpaired) electrons. The molecule has 1 aromatic carbocycles. The molecule has 3 rings (SSSR count). The number of benzene rings is 1. The van der Waals surface area contributed by atoms with Crippen LogP contribution < -0.4 is 5.32 Å². The SMILES string of the molecule is Cc1cc(CCNC(=O)c2ccc3nc[nH]c3c2)on1. The third kappa shape index (κ3) is 2.54. The van der Waals surface area contributed by atoms with Crippen molar-refractivity contribution in [3.63, 3.8) is 0 Å². The summed E-state index contributed by atoms with van der Waals surface area (Å²) in [5.74, 6) is 0.657. The third-order valence-corrected chi connectivity index (χ3v) is 3.02. The van der Waals surface area contributed by atoms with Gasteiger partial charge in [0, 0.05) is 24.6 Å². The zero-order chi connectivity index (χ0) is 13.9. The third-order valence-electron chi connectivity index (χ3n) is 3.02. The Morgan fingerprint density at radius 2 is 2.30 bits per heavy atom. The topological polar surface area (TPSA) is 83.8 Å². The lowest BCUT2D eigenvalue weighted by Gasteiger charge is -2.03. The molecular weight excluding hydrogens is 256 g/mol. The number of carbonyl (C=O) groups excluding carboxylic acids is 1. The fourth-order valence-corrected chi connectivity index (χ4v) is 2.01. The van der Waals surface area contributed by atoms with Gasteiger partial charge in [0.1, 0.15) is 5.76 Å². The van der Waals surface area contributed by atoms with Gasteiger partial charge in [0.25, 0.3) is 5.91 Å². The molecule has 2 N–H and O–H groups in total. The van der Waals surface area contributed by atoms with Crippen molar-refractivity contribution in [2.45, 2.75) is 13.3 Å². The summed E-state index contributed by atoms with van der Waals surface area (Å²) in [7, 11) is 0. The lowest BCUT2D eigenvalue weighted by molar-refractivity contribution is 0.0953. The Hall–Kier alpha value is -2.63. The molecule has 6 heteroatoms. The van der Waals surface area contributed by atoms with Crippen molar-refractivity contribution in [2.24, 2.45) is 0 Å². The molecule has 0 spiro atoms. The summed E-state index contributed by atoms with van der Waals surface area (Å²) in [6.07, 6.45) is 2.23. The highest BCUT2D eigenvalue weighted by molar-refractivity contribution is 5.97. The predicted molar refractivity (Wildman–Crippen MR) is 73.4 cm³/mol. The van der Waals surface area contributed by atoms with Gasteiger partial charge in [0.15, 0.2) is 0 Å². The molecule has 0 saturated carbocycles. The molecule has 1 amide bonds. The summed E-state index contributed by atoms with van der Waals surface area (Å²) in [6, 6.07) is 7.23. The molecular formula is C14H14N4O2. The number of nitrogens with one attached hydrogen (secondary N) is 2. The summed E-state index contributed by atoms with van der Waals surface area (Å²) in [6.45, 7) is 2.37. The van der Waals surface area contributed by atoms with Crippen LogP contribution in [0.2, 0.25) is 0 Å². The number of aromatic nitrogens is 3. The van der Waals surface area contributed by atoms with Crippen LogP contribution in [-0.2, 0) is 6.42 Å². The van der Waals surface area contributed by atoms with Crippen LogP contribution in [0, 0.1) is 6.92 Å². The quantitative estimate of drug-likeness (QED) is 0.757. The van der Waals surface area contributed by atoms with Gasteiger partial charge in [0.05, 0.1) is 23.1 Å². The summed E-state index contributed by atoms with van der Waals surface area (Å²) < 4.78 is 5.08. The maximum atomic E-state index is 12.0. The van der Waals surface area contributed by atoms with Crippen molar-refractivity contribution in [3.8, 4) is 0 Å². The number of hydrogen-bond acceptors (Lipinski definition) is 4. The maximum absolute atomic E-state index is 12.0. The average molecular weight is 270 g/mol. The van der Waals surface area contributed by atoms with E-state index < -0.39 is 0 Å². The first-order valence-corrected chi connectivity index (χ1v) is 6.36. The van der Waals surface area contributed by atoms with Gasteiger partial charge >= 0.3 is 0 Å². The van der Waals surface area contributed by atoms with Crippen LogP contribution in [0.15, 0.2) is 35.1 Å². The zero-order valence-electron chi connectivity index (χ0n) is 11.0. The highest BCUT2D eigenvalue weighted by atomic mass is 16.5. The van der Waals surface area contributed by atoms with Crippen molar-refractivity contribution in [3.05, 3.63) is 47.6 Å². The maximum Gasteiger partial charge on any atom is 0.251 e. The number of aryl methyl sites for hydroxylation is 1. The lowest BCUT2D eigenvalue weighted by atomic mass is 10.2. The number of aromatic amines is 1. The largest absolute Gasteiger partial charge is 0.361 e. The van der Waals surface area contributed by atoms with E-state index in [1.54, 1.807) is 18.5 Å². The van der Waals surface area contributed by atoms with Crippen molar-refractivity contribution in [1.29, 1.82) is 0 Å². The minimum absolute atomic E-state index is 0.113. The van der Waals surface area contributed by atoms with Gasteiger partial charge in [-0.1, -0.05) is 5.16 Å². The molecule has 0 aliphatic heterocycles. The number of H-pyrrole nitrogens is 1. The van der Waals surface area contributed by atoms with E-state index in [-0.39, 0.29) is 5.91 Å². The van der Waals surface area contributed by atoms with E-state index in [1.165, 1.54) is 0 Å². The second kappa shape index (κ2) is 5.16. The van der Waals surface area contributed by atoms with Gasteiger partial charge < -0.3 is 14.8 Å². The second-order valence-electron chi connectivity index (χ2n) is 4.57. The molecule has 2 aromatic heterocycles. The highest BCUT2D eigenvalue weighted by Gasteiger charge is 2.07. The van der Waals surface area contributed by atoms with Crippen LogP contribution in [0.4, 0.5) is 0 Å². The van der Waals surface area contributed by atoms with Gasteiger partial charge in [-0.25, -0.2) is 4.98 Å². The molecule has 0 saturated heterocycles. The van der Waals surface area contributed by atoms with Crippen LogP contribution in [0.3, 0.4) is 0 Å². The zero-order valence-corrected chi connectivity index (χ0v) is 11.0. The molecule has 20 heavy (non-hydrogen) atoms. The fourth-order valence-electron chi connectivity index (χ4n) is 2.01. The predicted octanol–water partition coefficient (Wildman–Crippen LogP) is 1.83. The lowest BCUT2D eigenvalue weighted by Crippen LogP contribution is -2.25. The summed E-state index contributed by atoms with van der Waals surface area (Å²) >= 11 is 0. The summed E-state index contributed by atoms with van der Waals surface area (Å²) in [5, 5.41) is 6.65. The fraction of sp³-hybridized carbons (Fsp3) is 0.214. The van der Waals surface area contributed by atoms with Gasteiger partial charge in [-0.15, -0.1) is 0 Å². The molecule has 0 aliphatic rings. The second-order valence-corrected chi connectivity index (χ2v) is 4.57. The first kappa shape index (κ1) is 12.4. The number of carbonyl (C=O) groups is 1. The Morgan fingerprint density at radius 3 is 3.10 bits per heavy atom. The molecule has 0 bridgehead atoms. The Labute approximate surface area is 115 Å². The summed E-state index contributed by atoms with van der Waals surface area (Å²) in [5.41, 5.74) is 3.15. The molecule has 0 aliphatic carbocycles.